The van der Waals surface area contributed by atoms with Gasteiger partial charge in [-0.25, -0.2) is 14.8 Å². The van der Waals surface area contributed by atoms with Crippen LogP contribution < -0.4 is 10.2 Å². The molecule has 0 saturated carbocycles. The maximum Gasteiger partial charge on any atom is 0.334 e. The Bertz CT molecular complexity index is 1480. The van der Waals surface area contributed by atoms with Crippen LogP contribution in [0.25, 0.3) is 0 Å². The fourth-order valence-electron chi connectivity index (χ4n) is 6.25. The zero-order chi connectivity index (χ0) is 30.6. The number of nitrogens with one attached hydrogen (secondary N) is 1. The highest BCUT2D eigenvalue weighted by Gasteiger charge is 2.50. The molecule has 2 N–H and O–H groups in total. The first kappa shape index (κ1) is 31.8. The van der Waals surface area contributed by atoms with Crippen molar-refractivity contribution < 1.29 is 24.2 Å². The number of urea groups is 1. The smallest absolute Gasteiger partial charge is 0.334 e. The Balaban J connectivity index is 0.00000400. The van der Waals surface area contributed by atoms with E-state index in [1.807, 2.05) is 42.5 Å². The van der Waals surface area contributed by atoms with Crippen LogP contribution in [0.2, 0.25) is 0 Å². The van der Waals surface area contributed by atoms with Crippen LogP contribution in [0.4, 0.5) is 10.5 Å². The van der Waals surface area contributed by atoms with Gasteiger partial charge < -0.3 is 29.9 Å². The van der Waals surface area contributed by atoms with Gasteiger partial charge in [0.15, 0.2) is 0 Å². The van der Waals surface area contributed by atoms with Crippen molar-refractivity contribution >= 4 is 23.5 Å². The largest absolute Gasteiger partial charge is 0.508 e. The summed E-state index contributed by atoms with van der Waals surface area (Å²) in [5, 5.41) is 16.0. The van der Waals surface area contributed by atoms with Crippen LogP contribution in [-0.2, 0) is 33.8 Å². The molecule has 3 saturated heterocycles. The number of hydrogen-bond acceptors (Lipinski definition) is 7. The minimum absolute atomic E-state index is 0. The van der Waals surface area contributed by atoms with Crippen LogP contribution in [0.15, 0.2) is 78.9 Å². The van der Waals surface area contributed by atoms with Crippen LogP contribution in [-0.4, -0.2) is 101 Å². The number of amides is 4. The molecule has 6 rings (SSSR count). The van der Waals surface area contributed by atoms with Gasteiger partial charge in [0.05, 0.1) is 26.3 Å². The van der Waals surface area contributed by atoms with E-state index in [4.69, 9.17) is 4.74 Å². The Morgan fingerprint density at radius 2 is 1.64 bits per heavy atom. The van der Waals surface area contributed by atoms with Crippen molar-refractivity contribution in [1.29, 1.82) is 0 Å². The highest BCUT2D eigenvalue weighted by Crippen LogP contribution is 2.29. The molecule has 3 aromatic carbocycles. The maximum absolute atomic E-state index is 14.2. The van der Waals surface area contributed by atoms with E-state index in [1.165, 1.54) is 0 Å². The lowest BCUT2D eigenvalue weighted by Crippen LogP contribution is -2.76. The number of phenolic OH excluding ortho intramolecular Hbond substituents is 1. The molecule has 4 amide bonds. The first-order valence-corrected chi connectivity index (χ1v) is 15.0. The van der Waals surface area contributed by atoms with Gasteiger partial charge in [0.25, 0.3) is 0 Å². The second kappa shape index (κ2) is 14.0. The van der Waals surface area contributed by atoms with E-state index < -0.39 is 12.2 Å². The Labute approximate surface area is 264 Å². The fraction of sp³-hybridized carbons (Fsp3) is 0.382. The highest BCUT2D eigenvalue weighted by molar-refractivity contribution is 5.91. The van der Waals surface area contributed by atoms with Crippen LogP contribution >= 0.6 is 0 Å². The molecule has 0 aliphatic carbocycles. The summed E-state index contributed by atoms with van der Waals surface area (Å²) in [6.07, 6.45) is -0.436. The van der Waals surface area contributed by atoms with Gasteiger partial charge in [0.1, 0.15) is 18.0 Å². The summed E-state index contributed by atoms with van der Waals surface area (Å²) in [6.45, 7) is 3.77. The van der Waals surface area contributed by atoms with E-state index in [-0.39, 0.29) is 50.5 Å². The lowest BCUT2D eigenvalue weighted by atomic mass is 9.98. The molecule has 0 aromatic heterocycles. The minimum Gasteiger partial charge on any atom is -0.508 e. The van der Waals surface area contributed by atoms with Gasteiger partial charge in [-0.2, -0.15) is 0 Å². The van der Waals surface area contributed by atoms with Crippen LogP contribution in [0.3, 0.4) is 0 Å². The summed E-state index contributed by atoms with van der Waals surface area (Å²) in [4.78, 5) is 47.1. The van der Waals surface area contributed by atoms with Crippen molar-refractivity contribution in [2.45, 2.75) is 39.1 Å². The molecule has 238 valence electrons. The molecule has 3 aromatic rings. The molecule has 0 spiro atoms. The second-order valence-corrected chi connectivity index (χ2v) is 11.5. The number of morpholine rings is 1. The summed E-state index contributed by atoms with van der Waals surface area (Å²) in [5.41, 5.74) is 3.81. The topological polar surface area (TPSA) is 109 Å². The van der Waals surface area contributed by atoms with Gasteiger partial charge in [-0.3, -0.25) is 9.59 Å². The van der Waals surface area contributed by atoms with Gasteiger partial charge in [0.2, 0.25) is 11.8 Å². The number of aromatic hydroxyl groups is 1. The summed E-state index contributed by atoms with van der Waals surface area (Å²) >= 11 is 0. The minimum atomic E-state index is -0.814. The highest BCUT2D eigenvalue weighted by atomic mass is 16.5. The van der Waals surface area contributed by atoms with Crippen LogP contribution in [0.1, 0.15) is 24.1 Å². The maximum atomic E-state index is 14.2. The predicted molar refractivity (Wildman–Crippen MR) is 171 cm³/mol. The van der Waals surface area contributed by atoms with Gasteiger partial charge >= 0.3 is 6.03 Å². The lowest BCUT2D eigenvalue weighted by molar-refractivity contribution is -0.187. The van der Waals surface area contributed by atoms with E-state index in [0.717, 1.165) is 35.5 Å². The summed E-state index contributed by atoms with van der Waals surface area (Å²) in [7, 11) is 1.72. The number of benzene rings is 3. The molecule has 45 heavy (non-hydrogen) atoms. The second-order valence-electron chi connectivity index (χ2n) is 11.5. The van der Waals surface area contributed by atoms with E-state index >= 15 is 0 Å². The zero-order valence-electron chi connectivity index (χ0n) is 24.8. The molecule has 11 nitrogen and oxygen atoms in total. The van der Waals surface area contributed by atoms with E-state index in [0.29, 0.717) is 26.3 Å². The number of hydrazine groups is 1. The number of ether oxygens (including phenoxy) is 1. The third kappa shape index (κ3) is 7.05. The van der Waals surface area contributed by atoms with Gasteiger partial charge in [-0.1, -0.05) is 62.0 Å². The molecular weight excluding hydrogens is 572 g/mol. The fourth-order valence-corrected chi connectivity index (χ4v) is 6.25. The van der Waals surface area contributed by atoms with E-state index in [2.05, 4.69) is 22.3 Å². The number of phenols is 1. The first-order valence-electron chi connectivity index (χ1n) is 15.0. The van der Waals surface area contributed by atoms with Crippen molar-refractivity contribution in [1.82, 2.24) is 25.1 Å². The van der Waals surface area contributed by atoms with Crippen molar-refractivity contribution in [3.8, 4) is 5.75 Å². The van der Waals surface area contributed by atoms with Crippen molar-refractivity contribution in [3.05, 3.63) is 95.6 Å². The average molecular weight is 615 g/mol. The predicted octanol–water partition coefficient (Wildman–Crippen LogP) is 3.05. The molecule has 3 heterocycles. The van der Waals surface area contributed by atoms with Crippen LogP contribution in [0.5, 0.6) is 5.75 Å². The molecule has 0 radical (unpaired) electrons. The standard InChI is InChI=1S/C33H38N6O5.CH4/c1-35-23-31(41)38-29(19-24-10-12-28(40)13-11-24)32(42)37(21-26-8-5-9-27(18-26)36-14-16-44-17-15-36)22-30(38)39(35)33(43)34-20-25-6-3-2-4-7-25;/h2-13,18,29-30,40H,14-17,19-23H2,1H3,(H,34,43);1H4/t29-,30-;/m0./s1. The third-order valence-electron chi connectivity index (χ3n) is 8.46. The number of fused-ring (bicyclic) bond motifs is 1. The number of hydrogen-bond donors (Lipinski definition) is 2. The molecule has 0 bridgehead atoms. The average Bonchev–Trinajstić information content (AvgIpc) is 3.04. The number of piperazine rings is 1. The number of nitrogens with zero attached hydrogens (tertiary/aromatic N) is 5. The number of rotatable bonds is 7. The van der Waals surface area contributed by atoms with Gasteiger partial charge in [0, 0.05) is 45.3 Å². The molecule has 3 aliphatic rings. The number of anilines is 1. The molecule has 0 unspecified atom stereocenters. The Kier molecular flexibility index (Phi) is 9.90. The summed E-state index contributed by atoms with van der Waals surface area (Å²) < 4.78 is 5.51. The quantitative estimate of drug-likeness (QED) is 0.421. The molecule has 2 atom stereocenters. The third-order valence-corrected chi connectivity index (χ3v) is 8.46. The molecule has 11 heteroatoms. The normalized spacial score (nSPS) is 20.5. The first-order chi connectivity index (χ1) is 21.4. The summed E-state index contributed by atoms with van der Waals surface area (Å²) in [5.74, 6) is -0.260. The van der Waals surface area contributed by atoms with E-state index in [9.17, 15) is 19.5 Å². The number of carbonyl (C=O) groups excluding carboxylic acids is 3. The Hall–Kier alpha value is -4.61. The van der Waals surface area contributed by atoms with Gasteiger partial charge in [-0.05, 0) is 41.0 Å². The van der Waals surface area contributed by atoms with E-state index in [1.54, 1.807) is 51.1 Å². The zero-order valence-corrected chi connectivity index (χ0v) is 24.8. The van der Waals surface area contributed by atoms with Crippen molar-refractivity contribution in [2.75, 3.05) is 51.3 Å². The van der Waals surface area contributed by atoms with Crippen LogP contribution in [0, 0.1) is 0 Å². The van der Waals surface area contributed by atoms with Gasteiger partial charge in [-0.15, -0.1) is 0 Å². The molecule has 3 aliphatic heterocycles. The Morgan fingerprint density at radius 3 is 2.38 bits per heavy atom. The lowest BCUT2D eigenvalue weighted by Gasteiger charge is -2.54. The Morgan fingerprint density at radius 1 is 0.933 bits per heavy atom. The summed E-state index contributed by atoms with van der Waals surface area (Å²) in [6, 6.07) is 23.3. The molecular formula is C34H42N6O5. The number of likely N-dealkylation sites (N-methyl/N-ethyl adjacent to an activating group) is 1. The molecule has 3 fully saturated rings. The SMILES string of the molecule is C.CN1CC(=O)N2[C@@H](Cc3ccc(O)cc3)C(=O)N(Cc3cccc(N4CCOCC4)c3)C[C@@H]2N1C(=O)NCc1ccccc1. The van der Waals surface area contributed by atoms with Crippen molar-refractivity contribution in [2.24, 2.45) is 0 Å². The number of carbonyl (C=O) groups is 3. The monoisotopic (exact) mass is 614 g/mol. The van der Waals surface area contributed by atoms with Crippen molar-refractivity contribution in [3.63, 3.8) is 0 Å².